The predicted molar refractivity (Wildman–Crippen MR) is 72.7 cm³/mol. The number of rotatable bonds is 1. The fraction of sp³-hybridized carbons (Fsp3) is 0.500. The molecule has 88 valence electrons. The molecular formula is C16H24. The Balaban J connectivity index is 0.000000181. The maximum Gasteiger partial charge on any atom is -0.0132 e. The molecule has 1 aliphatic carbocycles. The van der Waals surface area contributed by atoms with Gasteiger partial charge in [0.15, 0.2) is 0 Å². The van der Waals surface area contributed by atoms with E-state index < -0.39 is 0 Å². The molecule has 0 unspecified atom stereocenters. The minimum atomic E-state index is 0.293. The molecule has 0 saturated heterocycles. The van der Waals surface area contributed by atoms with Crippen LogP contribution in [-0.4, -0.2) is 0 Å². The topological polar surface area (TPSA) is 0 Å². The van der Waals surface area contributed by atoms with Gasteiger partial charge >= 0.3 is 0 Å². The van der Waals surface area contributed by atoms with Crippen molar-refractivity contribution in [2.24, 2.45) is 5.92 Å². The zero-order valence-electron chi connectivity index (χ0n) is 11.1. The zero-order chi connectivity index (χ0) is 12.2. The molecule has 0 bridgehead atoms. The highest BCUT2D eigenvalue weighted by molar-refractivity contribution is 5.21. The number of allylic oxidation sites excluding steroid dienone is 1. The molecule has 0 aromatic heterocycles. The van der Waals surface area contributed by atoms with E-state index in [2.05, 4.69) is 64.6 Å². The summed E-state index contributed by atoms with van der Waals surface area (Å²) >= 11 is 0. The van der Waals surface area contributed by atoms with Crippen LogP contribution in [0, 0.1) is 5.92 Å². The minimum absolute atomic E-state index is 0.293. The molecule has 2 rings (SSSR count). The minimum Gasteiger partial charge on any atom is -0.0999 e. The van der Waals surface area contributed by atoms with Gasteiger partial charge in [-0.25, -0.2) is 0 Å². The third-order valence-electron chi connectivity index (χ3n) is 2.91. The van der Waals surface area contributed by atoms with Gasteiger partial charge in [-0.05, 0) is 36.7 Å². The number of benzene rings is 1. The molecule has 0 nitrogen and oxygen atoms in total. The monoisotopic (exact) mass is 216 g/mol. The molecule has 16 heavy (non-hydrogen) atoms. The second kappa shape index (κ2) is 5.34. The summed E-state index contributed by atoms with van der Waals surface area (Å²) in [5, 5.41) is 0. The van der Waals surface area contributed by atoms with Gasteiger partial charge in [0.25, 0.3) is 0 Å². The van der Waals surface area contributed by atoms with Gasteiger partial charge in [0, 0.05) is 0 Å². The average molecular weight is 216 g/mol. The molecule has 1 aliphatic rings. The molecule has 0 spiro atoms. The second-order valence-electron chi connectivity index (χ2n) is 5.74. The largest absolute Gasteiger partial charge is 0.0999 e. The Kier molecular flexibility index (Phi) is 4.35. The molecule has 0 radical (unpaired) electrons. The quantitative estimate of drug-likeness (QED) is 0.582. The van der Waals surface area contributed by atoms with Crippen molar-refractivity contribution in [2.75, 3.05) is 0 Å². The summed E-state index contributed by atoms with van der Waals surface area (Å²) < 4.78 is 0. The normalized spacial score (nSPS) is 15.0. The predicted octanol–water partition coefficient (Wildman–Crippen LogP) is 4.96. The van der Waals surface area contributed by atoms with Crippen molar-refractivity contribution in [1.29, 1.82) is 0 Å². The summed E-state index contributed by atoms with van der Waals surface area (Å²) in [5.74, 6) is 0.907. The first kappa shape index (κ1) is 13.0. The van der Waals surface area contributed by atoms with Crippen LogP contribution in [0.2, 0.25) is 0 Å². The van der Waals surface area contributed by atoms with Crippen molar-refractivity contribution in [2.45, 2.75) is 46.0 Å². The van der Waals surface area contributed by atoms with Crippen LogP contribution >= 0.6 is 0 Å². The summed E-state index contributed by atoms with van der Waals surface area (Å²) in [5.41, 5.74) is 3.06. The first-order chi connectivity index (χ1) is 7.41. The van der Waals surface area contributed by atoms with E-state index in [1.54, 1.807) is 0 Å². The highest BCUT2D eigenvalue weighted by Crippen LogP contribution is 2.34. The van der Waals surface area contributed by atoms with E-state index in [1.165, 1.54) is 24.0 Å². The van der Waals surface area contributed by atoms with Gasteiger partial charge in [0.2, 0.25) is 0 Å². The number of hydrogen-bond donors (Lipinski definition) is 0. The van der Waals surface area contributed by atoms with Crippen LogP contribution in [0.15, 0.2) is 42.5 Å². The maximum absolute atomic E-state index is 3.82. The molecule has 1 aromatic carbocycles. The molecule has 0 N–H and O–H groups in total. The Hall–Kier alpha value is -1.04. The molecule has 0 aliphatic heterocycles. The lowest BCUT2D eigenvalue weighted by molar-refractivity contribution is 0.590. The van der Waals surface area contributed by atoms with Crippen molar-refractivity contribution in [3.63, 3.8) is 0 Å². The summed E-state index contributed by atoms with van der Waals surface area (Å²) in [6.45, 7) is 12.6. The summed E-state index contributed by atoms with van der Waals surface area (Å²) in [6.07, 6.45) is 2.80. The Morgan fingerprint density at radius 1 is 1.12 bits per heavy atom. The molecule has 1 saturated carbocycles. The van der Waals surface area contributed by atoms with Crippen LogP contribution in [0.5, 0.6) is 0 Å². The summed E-state index contributed by atoms with van der Waals surface area (Å²) in [6, 6.07) is 10.6. The lowest BCUT2D eigenvalue weighted by Gasteiger charge is -2.18. The van der Waals surface area contributed by atoms with Gasteiger partial charge in [-0.15, -0.1) is 0 Å². The third-order valence-corrected chi connectivity index (χ3v) is 2.91. The molecule has 1 fully saturated rings. The first-order valence-corrected chi connectivity index (χ1v) is 6.12. The van der Waals surface area contributed by atoms with Crippen LogP contribution in [0.25, 0.3) is 0 Å². The Labute approximate surface area is 100 Å². The highest BCUT2D eigenvalue weighted by Gasteiger charge is 2.20. The first-order valence-electron chi connectivity index (χ1n) is 6.12. The smallest absolute Gasteiger partial charge is 0.0132 e. The van der Waals surface area contributed by atoms with Crippen LogP contribution < -0.4 is 0 Å². The molecule has 0 amide bonds. The van der Waals surface area contributed by atoms with Crippen molar-refractivity contribution in [1.82, 2.24) is 0 Å². The fourth-order valence-corrected chi connectivity index (χ4v) is 1.51. The summed E-state index contributed by atoms with van der Waals surface area (Å²) in [7, 11) is 0. The average Bonchev–Trinajstić information content (AvgIpc) is 3.02. The highest BCUT2D eigenvalue weighted by atomic mass is 14.3. The zero-order valence-corrected chi connectivity index (χ0v) is 11.1. The fourth-order valence-electron chi connectivity index (χ4n) is 1.51. The van der Waals surface area contributed by atoms with E-state index in [4.69, 9.17) is 0 Å². The van der Waals surface area contributed by atoms with Crippen molar-refractivity contribution in [3.05, 3.63) is 48.0 Å². The van der Waals surface area contributed by atoms with Crippen molar-refractivity contribution < 1.29 is 0 Å². The lowest BCUT2D eigenvalue weighted by atomic mass is 9.87. The van der Waals surface area contributed by atoms with Crippen molar-refractivity contribution in [3.8, 4) is 0 Å². The summed E-state index contributed by atoms with van der Waals surface area (Å²) in [4.78, 5) is 0. The molecule has 1 aromatic rings. The molecule has 0 heteroatoms. The van der Waals surface area contributed by atoms with E-state index >= 15 is 0 Å². The SMILES string of the molecule is C=C(C)C1CC1.CC(C)(C)c1ccccc1. The van der Waals surface area contributed by atoms with Gasteiger partial charge in [-0.1, -0.05) is 63.3 Å². The van der Waals surface area contributed by atoms with Gasteiger partial charge in [0.1, 0.15) is 0 Å². The lowest BCUT2D eigenvalue weighted by Crippen LogP contribution is -2.10. The van der Waals surface area contributed by atoms with Crippen LogP contribution in [-0.2, 0) is 5.41 Å². The van der Waals surface area contributed by atoms with Crippen LogP contribution in [0.3, 0.4) is 0 Å². The van der Waals surface area contributed by atoms with Gasteiger partial charge < -0.3 is 0 Å². The van der Waals surface area contributed by atoms with Gasteiger partial charge in [-0.2, -0.15) is 0 Å². The Morgan fingerprint density at radius 3 is 1.81 bits per heavy atom. The second-order valence-corrected chi connectivity index (χ2v) is 5.74. The van der Waals surface area contributed by atoms with Gasteiger partial charge in [-0.3, -0.25) is 0 Å². The Bertz CT molecular complexity index is 323. The Morgan fingerprint density at radius 2 is 1.62 bits per heavy atom. The van der Waals surface area contributed by atoms with Crippen molar-refractivity contribution >= 4 is 0 Å². The molecule has 0 heterocycles. The maximum atomic E-state index is 3.82. The van der Waals surface area contributed by atoms with E-state index in [0.29, 0.717) is 5.41 Å². The van der Waals surface area contributed by atoms with E-state index in [1.807, 2.05) is 0 Å². The molecule has 0 atom stereocenters. The van der Waals surface area contributed by atoms with Crippen LogP contribution in [0.4, 0.5) is 0 Å². The van der Waals surface area contributed by atoms with E-state index in [9.17, 15) is 0 Å². The number of hydrogen-bond acceptors (Lipinski definition) is 0. The van der Waals surface area contributed by atoms with Gasteiger partial charge in [0.05, 0.1) is 0 Å². The third kappa shape index (κ3) is 4.65. The van der Waals surface area contributed by atoms with Crippen LogP contribution in [0.1, 0.15) is 46.1 Å². The van der Waals surface area contributed by atoms with E-state index in [-0.39, 0.29) is 0 Å². The molecular weight excluding hydrogens is 192 g/mol. The van der Waals surface area contributed by atoms with E-state index in [0.717, 1.165) is 5.92 Å². The standard InChI is InChI=1S/C10H14.C6H10/c1-10(2,3)9-7-5-4-6-8-9;1-5(2)6-3-4-6/h4-8H,1-3H3;6H,1,3-4H2,2H3.